The summed E-state index contributed by atoms with van der Waals surface area (Å²) >= 11 is 0. The zero-order valence-electron chi connectivity index (χ0n) is 16.3. The highest BCUT2D eigenvalue weighted by atomic mass is 19.1. The first-order valence-corrected chi connectivity index (χ1v) is 10.3. The van der Waals surface area contributed by atoms with Crippen LogP contribution in [0.2, 0.25) is 0 Å². The van der Waals surface area contributed by atoms with Gasteiger partial charge in [0.1, 0.15) is 5.82 Å². The number of piperazine rings is 1. The van der Waals surface area contributed by atoms with Crippen LogP contribution < -0.4 is 10.6 Å². The first kappa shape index (κ1) is 19.3. The van der Waals surface area contributed by atoms with Gasteiger partial charge in [0.15, 0.2) is 0 Å². The third-order valence-corrected chi connectivity index (χ3v) is 6.60. The van der Waals surface area contributed by atoms with Crippen LogP contribution in [0.25, 0.3) is 0 Å². The zero-order valence-corrected chi connectivity index (χ0v) is 16.3. The summed E-state index contributed by atoms with van der Waals surface area (Å²) in [6, 6.07) is 6.00. The van der Waals surface area contributed by atoms with E-state index in [9.17, 15) is 14.0 Å². The van der Waals surface area contributed by atoms with Gasteiger partial charge in [-0.05, 0) is 49.9 Å². The number of carbonyl (C=O) groups excluding carboxylic acids is 2. The fourth-order valence-corrected chi connectivity index (χ4v) is 4.65. The molecule has 0 aromatic heterocycles. The highest BCUT2D eigenvalue weighted by molar-refractivity contribution is 5.94. The topological polar surface area (TPSA) is 64.7 Å². The van der Waals surface area contributed by atoms with Crippen molar-refractivity contribution in [3.63, 3.8) is 0 Å². The molecule has 4 rings (SSSR count). The van der Waals surface area contributed by atoms with E-state index in [1.165, 1.54) is 12.1 Å². The number of halogens is 1. The van der Waals surface area contributed by atoms with Gasteiger partial charge in [-0.1, -0.05) is 12.1 Å². The number of rotatable bonds is 5. The molecule has 2 heterocycles. The second-order valence-corrected chi connectivity index (χ2v) is 8.27. The molecule has 6 nitrogen and oxygen atoms in total. The van der Waals surface area contributed by atoms with E-state index in [0.29, 0.717) is 19.0 Å². The van der Waals surface area contributed by atoms with Crippen molar-refractivity contribution in [2.24, 2.45) is 11.3 Å². The Balaban J connectivity index is 1.17. The summed E-state index contributed by atoms with van der Waals surface area (Å²) in [6.07, 6.45) is 3.33. The molecule has 1 saturated carbocycles. The molecule has 0 bridgehead atoms. The van der Waals surface area contributed by atoms with Gasteiger partial charge in [-0.25, -0.2) is 4.39 Å². The minimum absolute atomic E-state index is 0.0780. The Bertz CT molecular complexity index is 727. The monoisotopic (exact) mass is 388 g/mol. The molecule has 2 amide bonds. The van der Waals surface area contributed by atoms with Crippen LogP contribution in [0.15, 0.2) is 24.3 Å². The summed E-state index contributed by atoms with van der Waals surface area (Å²) in [5.74, 6) is -0.303. The first-order valence-electron chi connectivity index (χ1n) is 10.3. The van der Waals surface area contributed by atoms with Crippen LogP contribution >= 0.6 is 0 Å². The molecule has 2 aliphatic heterocycles. The van der Waals surface area contributed by atoms with Gasteiger partial charge in [0, 0.05) is 45.2 Å². The molecule has 3 aliphatic rings. The van der Waals surface area contributed by atoms with E-state index in [0.717, 1.165) is 58.5 Å². The molecule has 1 spiro atoms. The molecule has 28 heavy (non-hydrogen) atoms. The summed E-state index contributed by atoms with van der Waals surface area (Å²) in [6.45, 7) is 6.41. The van der Waals surface area contributed by atoms with Gasteiger partial charge in [0.25, 0.3) is 5.91 Å². The van der Waals surface area contributed by atoms with E-state index >= 15 is 0 Å². The molecule has 7 heteroatoms. The molecule has 3 fully saturated rings. The molecular weight excluding hydrogens is 359 g/mol. The Morgan fingerprint density at radius 1 is 1.14 bits per heavy atom. The molecule has 2 N–H and O–H groups in total. The predicted octanol–water partition coefficient (Wildman–Crippen LogP) is 1.09. The standard InChI is InChI=1S/C21H29FN4O2/c22-18-4-2-1-3-16(18)19(27)24-9-10-25-11-13-26(14-12-25)20(28)17-15-21(17)5-7-23-8-6-21/h1-4,17,23H,5-15H2,(H,24,27). The lowest BCUT2D eigenvalue weighted by atomic mass is 9.91. The van der Waals surface area contributed by atoms with E-state index in [2.05, 4.69) is 15.5 Å². The summed E-state index contributed by atoms with van der Waals surface area (Å²) in [4.78, 5) is 29.2. The van der Waals surface area contributed by atoms with E-state index in [1.807, 2.05) is 4.90 Å². The van der Waals surface area contributed by atoms with Gasteiger partial charge in [-0.2, -0.15) is 0 Å². The van der Waals surface area contributed by atoms with Gasteiger partial charge in [0.2, 0.25) is 5.91 Å². The Kier molecular flexibility index (Phi) is 5.64. The Labute approximate surface area is 165 Å². The molecule has 152 valence electrons. The van der Waals surface area contributed by atoms with Gasteiger partial charge in [0.05, 0.1) is 5.56 Å². The van der Waals surface area contributed by atoms with Crippen molar-refractivity contribution in [2.75, 3.05) is 52.4 Å². The van der Waals surface area contributed by atoms with Crippen LogP contribution in [-0.4, -0.2) is 74.0 Å². The largest absolute Gasteiger partial charge is 0.351 e. The lowest BCUT2D eigenvalue weighted by Crippen LogP contribution is -2.51. The number of nitrogens with one attached hydrogen (secondary N) is 2. The van der Waals surface area contributed by atoms with Gasteiger partial charge in [-0.3, -0.25) is 14.5 Å². The Morgan fingerprint density at radius 3 is 2.57 bits per heavy atom. The van der Waals surface area contributed by atoms with Crippen LogP contribution in [0.5, 0.6) is 0 Å². The molecule has 0 radical (unpaired) electrons. The number of piperidine rings is 1. The molecule has 1 atom stereocenters. The minimum Gasteiger partial charge on any atom is -0.351 e. The molecule has 1 aromatic rings. The smallest absolute Gasteiger partial charge is 0.254 e. The molecule has 2 saturated heterocycles. The van der Waals surface area contributed by atoms with Crippen LogP contribution in [0.1, 0.15) is 29.6 Å². The van der Waals surface area contributed by atoms with Crippen molar-refractivity contribution in [3.8, 4) is 0 Å². The average Bonchev–Trinajstić information content (AvgIpc) is 3.41. The SMILES string of the molecule is O=C(NCCN1CCN(C(=O)C2CC23CCNCC3)CC1)c1ccccc1F. The number of hydrogen-bond acceptors (Lipinski definition) is 4. The van der Waals surface area contributed by atoms with Crippen LogP contribution in [-0.2, 0) is 4.79 Å². The molecule has 1 aliphatic carbocycles. The second kappa shape index (κ2) is 8.17. The third-order valence-electron chi connectivity index (χ3n) is 6.60. The number of nitrogens with zero attached hydrogens (tertiary/aromatic N) is 2. The van der Waals surface area contributed by atoms with Gasteiger partial charge < -0.3 is 15.5 Å². The van der Waals surface area contributed by atoms with Gasteiger partial charge in [-0.15, -0.1) is 0 Å². The summed E-state index contributed by atoms with van der Waals surface area (Å²) < 4.78 is 13.6. The maximum Gasteiger partial charge on any atom is 0.254 e. The number of hydrogen-bond donors (Lipinski definition) is 2. The van der Waals surface area contributed by atoms with Crippen LogP contribution in [0.4, 0.5) is 4.39 Å². The zero-order chi connectivity index (χ0) is 19.6. The van der Waals surface area contributed by atoms with Crippen molar-refractivity contribution in [1.29, 1.82) is 0 Å². The minimum atomic E-state index is -0.501. The van der Waals surface area contributed by atoms with Crippen molar-refractivity contribution in [2.45, 2.75) is 19.3 Å². The average molecular weight is 388 g/mol. The predicted molar refractivity (Wildman–Crippen MR) is 104 cm³/mol. The molecule has 1 aromatic carbocycles. The molecule has 1 unspecified atom stereocenters. The normalized spacial score (nSPS) is 24.2. The number of carbonyl (C=O) groups is 2. The first-order chi connectivity index (χ1) is 13.6. The quantitative estimate of drug-likeness (QED) is 0.793. The Morgan fingerprint density at radius 2 is 1.86 bits per heavy atom. The summed E-state index contributed by atoms with van der Waals surface area (Å²) in [5.41, 5.74) is 0.366. The second-order valence-electron chi connectivity index (χ2n) is 8.27. The summed E-state index contributed by atoms with van der Waals surface area (Å²) in [5, 5.41) is 6.16. The van der Waals surface area contributed by atoms with Crippen LogP contribution in [0.3, 0.4) is 0 Å². The maximum atomic E-state index is 13.6. The third kappa shape index (κ3) is 4.05. The van der Waals surface area contributed by atoms with Crippen molar-refractivity contribution in [3.05, 3.63) is 35.6 Å². The van der Waals surface area contributed by atoms with E-state index in [1.54, 1.807) is 12.1 Å². The summed E-state index contributed by atoms with van der Waals surface area (Å²) in [7, 11) is 0. The van der Waals surface area contributed by atoms with E-state index in [4.69, 9.17) is 0 Å². The number of amides is 2. The van der Waals surface area contributed by atoms with Crippen molar-refractivity contribution >= 4 is 11.8 Å². The lowest BCUT2D eigenvalue weighted by Gasteiger charge is -2.35. The van der Waals surface area contributed by atoms with E-state index < -0.39 is 5.82 Å². The Hall–Kier alpha value is -1.99. The van der Waals surface area contributed by atoms with Crippen molar-refractivity contribution < 1.29 is 14.0 Å². The fraction of sp³-hybridized carbons (Fsp3) is 0.619. The highest BCUT2D eigenvalue weighted by Gasteiger charge is 2.58. The van der Waals surface area contributed by atoms with Crippen LogP contribution in [0, 0.1) is 17.2 Å². The molecular formula is C21H29FN4O2. The lowest BCUT2D eigenvalue weighted by molar-refractivity contribution is -0.135. The van der Waals surface area contributed by atoms with E-state index in [-0.39, 0.29) is 22.8 Å². The number of benzene rings is 1. The fourth-order valence-electron chi connectivity index (χ4n) is 4.65. The maximum absolute atomic E-state index is 13.6. The van der Waals surface area contributed by atoms with Gasteiger partial charge >= 0.3 is 0 Å². The van der Waals surface area contributed by atoms with Crippen molar-refractivity contribution in [1.82, 2.24) is 20.4 Å². The highest BCUT2D eigenvalue weighted by Crippen LogP contribution is 2.59.